The average Bonchev–Trinajstić information content (AvgIpc) is 3.04. The molecule has 0 atom stereocenters. The summed E-state index contributed by atoms with van der Waals surface area (Å²) in [5.41, 5.74) is 2.70. The van der Waals surface area contributed by atoms with Gasteiger partial charge in [-0.15, -0.1) is 10.2 Å². The largest absolute Gasteiger partial charge is 0.494 e. The van der Waals surface area contributed by atoms with Crippen LogP contribution in [0.3, 0.4) is 0 Å². The number of rotatable bonds is 5. The normalized spacial score (nSPS) is 10.4. The quantitative estimate of drug-likeness (QED) is 0.758. The Morgan fingerprint density at radius 3 is 2.58 bits per heavy atom. The number of anilines is 1. The zero-order chi connectivity index (χ0) is 16.9. The predicted molar refractivity (Wildman–Crippen MR) is 95.6 cm³/mol. The van der Waals surface area contributed by atoms with Crippen molar-refractivity contribution in [3.05, 3.63) is 59.7 Å². The van der Waals surface area contributed by atoms with Gasteiger partial charge in [-0.25, -0.2) is 0 Å². The van der Waals surface area contributed by atoms with Crippen molar-refractivity contribution in [2.24, 2.45) is 0 Å². The Hall–Kier alpha value is -2.73. The minimum absolute atomic E-state index is 0.217. The molecule has 0 saturated carbocycles. The first-order chi connectivity index (χ1) is 11.7. The molecule has 0 spiro atoms. The van der Waals surface area contributed by atoms with Crippen LogP contribution in [0.15, 0.2) is 48.5 Å². The Morgan fingerprint density at radius 2 is 1.88 bits per heavy atom. The summed E-state index contributed by atoms with van der Waals surface area (Å²) in [7, 11) is 0. The molecule has 1 heterocycles. The van der Waals surface area contributed by atoms with Gasteiger partial charge < -0.3 is 4.74 Å². The highest BCUT2D eigenvalue weighted by Gasteiger charge is 2.12. The van der Waals surface area contributed by atoms with Crippen molar-refractivity contribution in [2.75, 3.05) is 11.9 Å². The number of benzene rings is 2. The number of aromatic nitrogens is 2. The Kier molecular flexibility index (Phi) is 4.86. The van der Waals surface area contributed by atoms with Gasteiger partial charge in [0.25, 0.3) is 5.91 Å². The second-order valence-electron chi connectivity index (χ2n) is 5.14. The molecule has 0 aliphatic rings. The van der Waals surface area contributed by atoms with Crippen molar-refractivity contribution in [3.63, 3.8) is 0 Å². The van der Waals surface area contributed by atoms with E-state index >= 15 is 0 Å². The third kappa shape index (κ3) is 3.60. The molecule has 3 rings (SSSR count). The summed E-state index contributed by atoms with van der Waals surface area (Å²) < 4.78 is 5.37. The van der Waals surface area contributed by atoms with E-state index in [1.165, 1.54) is 11.3 Å². The first-order valence-electron chi connectivity index (χ1n) is 7.61. The minimum Gasteiger partial charge on any atom is -0.494 e. The van der Waals surface area contributed by atoms with Gasteiger partial charge in [-0.1, -0.05) is 35.6 Å². The lowest BCUT2D eigenvalue weighted by molar-refractivity contribution is 0.102. The summed E-state index contributed by atoms with van der Waals surface area (Å²) in [5, 5.41) is 12.3. The van der Waals surface area contributed by atoms with Crippen LogP contribution in [0.2, 0.25) is 0 Å². The Morgan fingerprint density at radius 1 is 1.12 bits per heavy atom. The van der Waals surface area contributed by atoms with Gasteiger partial charge in [0.05, 0.1) is 6.61 Å². The van der Waals surface area contributed by atoms with E-state index in [4.69, 9.17) is 4.74 Å². The summed E-state index contributed by atoms with van der Waals surface area (Å²) in [6, 6.07) is 15.0. The van der Waals surface area contributed by atoms with E-state index in [1.807, 2.05) is 38.1 Å². The maximum Gasteiger partial charge on any atom is 0.257 e. The third-order valence-electron chi connectivity index (χ3n) is 3.45. The van der Waals surface area contributed by atoms with Gasteiger partial charge in [0.15, 0.2) is 0 Å². The van der Waals surface area contributed by atoms with E-state index in [0.29, 0.717) is 17.3 Å². The van der Waals surface area contributed by atoms with E-state index in [-0.39, 0.29) is 5.91 Å². The zero-order valence-corrected chi connectivity index (χ0v) is 14.3. The zero-order valence-electron chi connectivity index (χ0n) is 13.4. The fourth-order valence-corrected chi connectivity index (χ4v) is 3.06. The molecule has 3 aromatic rings. The Bertz CT molecular complexity index is 843. The van der Waals surface area contributed by atoms with Crippen LogP contribution in [0.25, 0.3) is 10.6 Å². The standard InChI is InChI=1S/C18H17N3O2S/c1-3-23-14-10-8-13(9-11-14)16(22)19-18-21-20-17(24-18)15-7-5-4-6-12(15)2/h4-11H,3H2,1-2H3,(H,19,21,22). The number of amides is 1. The molecule has 1 aromatic heterocycles. The van der Waals surface area contributed by atoms with Crippen LogP contribution in [0, 0.1) is 6.92 Å². The molecule has 122 valence electrons. The van der Waals surface area contributed by atoms with Gasteiger partial charge in [-0.05, 0) is 43.7 Å². The number of hydrogen-bond acceptors (Lipinski definition) is 5. The molecular formula is C18H17N3O2S. The number of carbonyl (C=O) groups excluding carboxylic acids is 1. The second kappa shape index (κ2) is 7.23. The highest BCUT2D eigenvalue weighted by molar-refractivity contribution is 7.18. The lowest BCUT2D eigenvalue weighted by atomic mass is 10.1. The molecule has 0 aliphatic carbocycles. The lowest BCUT2D eigenvalue weighted by Gasteiger charge is -2.04. The number of nitrogens with one attached hydrogen (secondary N) is 1. The summed E-state index contributed by atoms with van der Waals surface area (Å²) in [6.45, 7) is 4.54. The number of aryl methyl sites for hydroxylation is 1. The minimum atomic E-state index is -0.217. The molecule has 0 saturated heterocycles. The second-order valence-corrected chi connectivity index (χ2v) is 6.12. The molecule has 0 radical (unpaired) electrons. The molecule has 2 aromatic carbocycles. The topological polar surface area (TPSA) is 64.1 Å². The van der Waals surface area contributed by atoms with E-state index in [0.717, 1.165) is 21.9 Å². The van der Waals surface area contributed by atoms with Gasteiger partial charge in [-0.3, -0.25) is 10.1 Å². The number of ether oxygens (including phenoxy) is 1. The fraction of sp³-hybridized carbons (Fsp3) is 0.167. The summed E-state index contributed by atoms with van der Waals surface area (Å²) in [4.78, 5) is 12.3. The molecule has 6 heteroatoms. The first kappa shape index (κ1) is 16.1. The monoisotopic (exact) mass is 339 g/mol. The fourth-order valence-electron chi connectivity index (χ4n) is 2.23. The van der Waals surface area contributed by atoms with Gasteiger partial charge in [0.2, 0.25) is 5.13 Å². The first-order valence-corrected chi connectivity index (χ1v) is 8.42. The van der Waals surface area contributed by atoms with Crippen LogP contribution in [-0.2, 0) is 0 Å². The third-order valence-corrected chi connectivity index (χ3v) is 4.32. The van der Waals surface area contributed by atoms with Gasteiger partial charge in [0, 0.05) is 11.1 Å². The molecule has 0 unspecified atom stereocenters. The van der Waals surface area contributed by atoms with Gasteiger partial charge in [-0.2, -0.15) is 0 Å². The van der Waals surface area contributed by atoms with Crippen molar-refractivity contribution in [1.82, 2.24) is 10.2 Å². The SMILES string of the molecule is CCOc1ccc(C(=O)Nc2nnc(-c3ccccc3C)s2)cc1. The van der Waals surface area contributed by atoms with Crippen molar-refractivity contribution in [3.8, 4) is 16.3 Å². The predicted octanol–water partition coefficient (Wildman–Crippen LogP) is 4.16. The highest BCUT2D eigenvalue weighted by atomic mass is 32.1. The van der Waals surface area contributed by atoms with Crippen LogP contribution in [0.5, 0.6) is 5.75 Å². The summed E-state index contributed by atoms with van der Waals surface area (Å²) in [6.07, 6.45) is 0. The van der Waals surface area contributed by atoms with E-state index < -0.39 is 0 Å². The molecule has 1 amide bonds. The molecule has 1 N–H and O–H groups in total. The van der Waals surface area contributed by atoms with Crippen LogP contribution in [-0.4, -0.2) is 22.7 Å². The number of carbonyl (C=O) groups is 1. The van der Waals surface area contributed by atoms with Crippen molar-refractivity contribution < 1.29 is 9.53 Å². The number of hydrogen-bond donors (Lipinski definition) is 1. The van der Waals surface area contributed by atoms with E-state index in [1.54, 1.807) is 24.3 Å². The molecular weight excluding hydrogens is 322 g/mol. The molecule has 0 bridgehead atoms. The summed E-state index contributed by atoms with van der Waals surface area (Å²) in [5.74, 6) is 0.525. The van der Waals surface area contributed by atoms with Crippen molar-refractivity contribution in [1.29, 1.82) is 0 Å². The van der Waals surface area contributed by atoms with Crippen molar-refractivity contribution in [2.45, 2.75) is 13.8 Å². The Labute approximate surface area is 144 Å². The lowest BCUT2D eigenvalue weighted by Crippen LogP contribution is -2.11. The van der Waals surface area contributed by atoms with E-state index in [2.05, 4.69) is 15.5 Å². The summed E-state index contributed by atoms with van der Waals surface area (Å²) >= 11 is 1.36. The van der Waals surface area contributed by atoms with Crippen LogP contribution in [0.1, 0.15) is 22.8 Å². The molecule has 5 nitrogen and oxygen atoms in total. The van der Waals surface area contributed by atoms with Crippen molar-refractivity contribution >= 4 is 22.4 Å². The van der Waals surface area contributed by atoms with E-state index in [9.17, 15) is 4.79 Å². The Balaban J connectivity index is 1.72. The average molecular weight is 339 g/mol. The molecule has 0 aliphatic heterocycles. The molecule has 0 fully saturated rings. The van der Waals surface area contributed by atoms with Crippen LogP contribution < -0.4 is 10.1 Å². The van der Waals surface area contributed by atoms with Crippen LogP contribution in [0.4, 0.5) is 5.13 Å². The number of nitrogens with zero attached hydrogens (tertiary/aromatic N) is 2. The van der Waals surface area contributed by atoms with Crippen LogP contribution >= 0.6 is 11.3 Å². The van der Waals surface area contributed by atoms with Gasteiger partial charge >= 0.3 is 0 Å². The molecule has 24 heavy (non-hydrogen) atoms. The maximum absolute atomic E-state index is 12.3. The smallest absolute Gasteiger partial charge is 0.257 e. The maximum atomic E-state index is 12.3. The highest BCUT2D eigenvalue weighted by Crippen LogP contribution is 2.28. The van der Waals surface area contributed by atoms with Gasteiger partial charge in [0.1, 0.15) is 10.8 Å².